The molecular formula is C7H5NO3S. The molecule has 0 N–H and O–H groups in total. The predicted octanol–water partition coefficient (Wildman–Crippen LogP) is 0.980. The summed E-state index contributed by atoms with van der Waals surface area (Å²) in [6.45, 7) is 0. The minimum atomic E-state index is -1.97. The molecule has 4 nitrogen and oxygen atoms in total. The van der Waals surface area contributed by atoms with Crippen molar-refractivity contribution in [1.82, 2.24) is 0 Å². The molecule has 12 heavy (non-hydrogen) atoms. The third kappa shape index (κ3) is 2.65. The molecule has 1 aromatic carbocycles. The van der Waals surface area contributed by atoms with E-state index in [4.69, 9.17) is 4.18 Å². The highest BCUT2D eigenvalue weighted by Crippen LogP contribution is 2.09. The van der Waals surface area contributed by atoms with Crippen LogP contribution >= 0.6 is 0 Å². The molecule has 0 radical (unpaired) electrons. The second-order valence-corrected chi connectivity index (χ2v) is 2.58. The molecule has 0 saturated heterocycles. The summed E-state index contributed by atoms with van der Waals surface area (Å²) in [5, 5.41) is 0. The number of hydrogen-bond donors (Lipinski definition) is 0. The van der Waals surface area contributed by atoms with Crippen LogP contribution in [0.2, 0.25) is 0 Å². The molecule has 0 amide bonds. The van der Waals surface area contributed by atoms with Gasteiger partial charge in [0.1, 0.15) is 5.75 Å². The van der Waals surface area contributed by atoms with Crippen molar-refractivity contribution in [3.63, 3.8) is 0 Å². The topological polar surface area (TPSA) is 55.7 Å². The van der Waals surface area contributed by atoms with Gasteiger partial charge in [-0.2, -0.15) is 4.21 Å². The Morgan fingerprint density at radius 3 is 2.58 bits per heavy atom. The summed E-state index contributed by atoms with van der Waals surface area (Å²) in [6, 6.07) is 8.45. The minimum Gasteiger partial charge on any atom is -0.383 e. The van der Waals surface area contributed by atoms with Gasteiger partial charge in [-0.05, 0) is 12.1 Å². The maximum atomic E-state index is 10.7. The standard InChI is InChI=1S/C7H5NO3S/c9-6-8-12(10)11-7-4-2-1-3-5-7/h1-5H. The van der Waals surface area contributed by atoms with Crippen LogP contribution in [-0.2, 0) is 16.1 Å². The average Bonchev–Trinajstić information content (AvgIpc) is 2.06. The number of benzene rings is 1. The highest BCUT2D eigenvalue weighted by Gasteiger charge is 1.97. The molecule has 0 aliphatic rings. The number of rotatable bonds is 3. The van der Waals surface area contributed by atoms with Crippen LogP contribution in [0.4, 0.5) is 0 Å². The van der Waals surface area contributed by atoms with E-state index in [1.807, 2.05) is 0 Å². The van der Waals surface area contributed by atoms with Crippen molar-refractivity contribution in [1.29, 1.82) is 0 Å². The summed E-state index contributed by atoms with van der Waals surface area (Å²) >= 11 is -1.97. The number of para-hydroxylation sites is 1. The van der Waals surface area contributed by atoms with Crippen LogP contribution in [0.1, 0.15) is 0 Å². The van der Waals surface area contributed by atoms with Crippen molar-refractivity contribution >= 4 is 17.3 Å². The molecule has 1 atom stereocenters. The Balaban J connectivity index is 2.64. The van der Waals surface area contributed by atoms with E-state index in [9.17, 15) is 9.00 Å². The van der Waals surface area contributed by atoms with Gasteiger partial charge in [-0.25, -0.2) is 4.79 Å². The van der Waals surface area contributed by atoms with Crippen molar-refractivity contribution in [2.45, 2.75) is 0 Å². The zero-order chi connectivity index (χ0) is 8.81. The fourth-order valence-electron chi connectivity index (χ4n) is 0.607. The second kappa shape index (κ2) is 4.43. The van der Waals surface area contributed by atoms with Gasteiger partial charge in [0.15, 0.2) is 0 Å². The normalized spacial score (nSPS) is 11.3. The lowest BCUT2D eigenvalue weighted by molar-refractivity contribution is 0.555. The number of carbonyl (C=O) groups excluding carboxylic acids is 1. The molecule has 0 spiro atoms. The summed E-state index contributed by atoms with van der Waals surface area (Å²) in [6.07, 6.45) is 1.14. The van der Waals surface area contributed by atoms with Gasteiger partial charge in [-0.1, -0.05) is 22.6 Å². The molecule has 5 heteroatoms. The molecule has 0 heterocycles. The van der Waals surface area contributed by atoms with Gasteiger partial charge in [-0.3, -0.25) is 0 Å². The Bertz CT molecular complexity index is 319. The molecule has 0 bridgehead atoms. The number of hydrogen-bond acceptors (Lipinski definition) is 3. The van der Waals surface area contributed by atoms with Crippen LogP contribution < -0.4 is 4.18 Å². The van der Waals surface area contributed by atoms with Crippen LogP contribution in [0.3, 0.4) is 0 Å². The van der Waals surface area contributed by atoms with Crippen molar-refractivity contribution in [2.24, 2.45) is 4.40 Å². The lowest BCUT2D eigenvalue weighted by atomic mass is 10.3. The first-order valence-corrected chi connectivity index (χ1v) is 4.09. The van der Waals surface area contributed by atoms with Crippen molar-refractivity contribution in [3.05, 3.63) is 30.3 Å². The summed E-state index contributed by atoms with van der Waals surface area (Å²) in [5.41, 5.74) is 0. The van der Waals surface area contributed by atoms with Crippen molar-refractivity contribution in [3.8, 4) is 5.75 Å². The SMILES string of the molecule is O=C=NS(=O)Oc1ccccc1. The van der Waals surface area contributed by atoms with Crippen LogP contribution in [0.15, 0.2) is 34.7 Å². The highest BCUT2D eigenvalue weighted by molar-refractivity contribution is 7.79. The Morgan fingerprint density at radius 1 is 1.33 bits per heavy atom. The van der Waals surface area contributed by atoms with E-state index in [0.29, 0.717) is 5.75 Å². The van der Waals surface area contributed by atoms with E-state index < -0.39 is 11.3 Å². The first kappa shape index (κ1) is 8.64. The lowest BCUT2D eigenvalue weighted by Crippen LogP contribution is -1.95. The lowest BCUT2D eigenvalue weighted by Gasteiger charge is -1.96. The third-order valence-electron chi connectivity index (χ3n) is 1.02. The van der Waals surface area contributed by atoms with Gasteiger partial charge >= 0.3 is 11.3 Å². The fraction of sp³-hybridized carbons (Fsp3) is 0. The fourth-order valence-corrected chi connectivity index (χ4v) is 0.981. The Labute approximate surface area is 71.7 Å². The molecule has 0 aliphatic heterocycles. The number of isocyanates is 1. The second-order valence-electron chi connectivity index (χ2n) is 1.80. The maximum Gasteiger partial charge on any atom is 0.350 e. The molecule has 0 aliphatic carbocycles. The van der Waals surface area contributed by atoms with Crippen molar-refractivity contribution < 1.29 is 13.2 Å². The Hall–Kier alpha value is -1.45. The van der Waals surface area contributed by atoms with Crippen molar-refractivity contribution in [2.75, 3.05) is 0 Å². The summed E-state index contributed by atoms with van der Waals surface area (Å²) < 4.78 is 18.2. The van der Waals surface area contributed by atoms with Gasteiger partial charge in [0.05, 0.1) is 0 Å². The van der Waals surface area contributed by atoms with E-state index in [0.717, 1.165) is 6.08 Å². The number of nitrogens with zero attached hydrogens (tertiary/aromatic N) is 1. The molecule has 0 aromatic heterocycles. The first-order valence-electron chi connectivity index (χ1n) is 3.06. The molecule has 62 valence electrons. The van der Waals surface area contributed by atoms with E-state index in [1.54, 1.807) is 30.3 Å². The van der Waals surface area contributed by atoms with E-state index in [2.05, 4.69) is 4.40 Å². The molecule has 0 fully saturated rings. The van der Waals surface area contributed by atoms with E-state index in [-0.39, 0.29) is 0 Å². The smallest absolute Gasteiger partial charge is 0.350 e. The van der Waals surface area contributed by atoms with Crippen LogP contribution in [0.25, 0.3) is 0 Å². The largest absolute Gasteiger partial charge is 0.383 e. The molecule has 0 saturated carbocycles. The summed E-state index contributed by atoms with van der Waals surface area (Å²) in [7, 11) is 0. The van der Waals surface area contributed by atoms with Gasteiger partial charge < -0.3 is 4.18 Å². The molecule has 1 unspecified atom stereocenters. The zero-order valence-electron chi connectivity index (χ0n) is 5.97. The Kier molecular flexibility index (Phi) is 3.19. The van der Waals surface area contributed by atoms with Gasteiger partial charge in [-0.15, -0.1) is 0 Å². The van der Waals surface area contributed by atoms with Crippen LogP contribution in [0, 0.1) is 0 Å². The van der Waals surface area contributed by atoms with Gasteiger partial charge in [0.25, 0.3) is 6.08 Å². The van der Waals surface area contributed by atoms with Crippen LogP contribution in [-0.4, -0.2) is 10.3 Å². The van der Waals surface area contributed by atoms with E-state index in [1.165, 1.54) is 0 Å². The minimum absolute atomic E-state index is 0.398. The quantitative estimate of drug-likeness (QED) is 0.518. The maximum absolute atomic E-state index is 10.7. The van der Waals surface area contributed by atoms with Crippen LogP contribution in [0.5, 0.6) is 5.75 Å². The summed E-state index contributed by atoms with van der Waals surface area (Å²) in [5.74, 6) is 0.398. The van der Waals surface area contributed by atoms with Gasteiger partial charge in [0, 0.05) is 0 Å². The monoisotopic (exact) mass is 183 g/mol. The summed E-state index contributed by atoms with van der Waals surface area (Å²) in [4.78, 5) is 9.64. The molecule has 1 rings (SSSR count). The average molecular weight is 183 g/mol. The molecule has 1 aromatic rings. The highest BCUT2D eigenvalue weighted by atomic mass is 32.2. The predicted molar refractivity (Wildman–Crippen MR) is 43.3 cm³/mol. The zero-order valence-corrected chi connectivity index (χ0v) is 6.78. The third-order valence-corrected chi connectivity index (χ3v) is 1.58. The molecular weight excluding hydrogens is 178 g/mol. The van der Waals surface area contributed by atoms with Gasteiger partial charge in [0.2, 0.25) is 0 Å². The Morgan fingerprint density at radius 2 is 2.00 bits per heavy atom. The van der Waals surface area contributed by atoms with E-state index >= 15 is 0 Å². The first-order chi connectivity index (χ1) is 5.83.